The standard InChI is InChI=1S/C15H18N4O/c1-20-15-6-5-10(8-18-15)7-14-17-9-11-12(16)3-2-4-13(11)19-14/h5-6,8-9,12H,2-4,7,16H2,1H3. The molecule has 1 aliphatic rings. The molecule has 0 amide bonds. The number of nitrogens with two attached hydrogens (primary N) is 1. The van der Waals surface area contributed by atoms with Crippen LogP contribution in [-0.2, 0) is 12.8 Å². The molecule has 20 heavy (non-hydrogen) atoms. The van der Waals surface area contributed by atoms with E-state index in [1.165, 1.54) is 0 Å². The molecule has 0 aromatic carbocycles. The first kappa shape index (κ1) is 13.0. The van der Waals surface area contributed by atoms with Crippen molar-refractivity contribution in [2.75, 3.05) is 7.11 Å². The summed E-state index contributed by atoms with van der Waals surface area (Å²) in [6.07, 6.45) is 7.50. The molecule has 2 aromatic heterocycles. The lowest BCUT2D eigenvalue weighted by atomic mass is 9.93. The molecule has 2 aromatic rings. The number of ether oxygens (including phenoxy) is 1. The molecule has 1 atom stereocenters. The summed E-state index contributed by atoms with van der Waals surface area (Å²) < 4.78 is 5.05. The normalized spacial score (nSPS) is 17.6. The maximum Gasteiger partial charge on any atom is 0.212 e. The van der Waals surface area contributed by atoms with Gasteiger partial charge >= 0.3 is 0 Å². The Labute approximate surface area is 118 Å². The number of pyridine rings is 1. The third-order valence-electron chi connectivity index (χ3n) is 3.65. The van der Waals surface area contributed by atoms with Crippen LogP contribution in [0.3, 0.4) is 0 Å². The van der Waals surface area contributed by atoms with Gasteiger partial charge in [-0.25, -0.2) is 15.0 Å². The molecule has 3 rings (SSSR count). The molecule has 104 valence electrons. The minimum absolute atomic E-state index is 0.0930. The van der Waals surface area contributed by atoms with Crippen molar-refractivity contribution in [2.24, 2.45) is 5.73 Å². The Kier molecular flexibility index (Phi) is 3.60. The maximum absolute atomic E-state index is 6.08. The number of rotatable bonds is 3. The highest BCUT2D eigenvalue weighted by molar-refractivity contribution is 5.26. The van der Waals surface area contributed by atoms with E-state index in [1.54, 1.807) is 13.3 Å². The van der Waals surface area contributed by atoms with Crippen molar-refractivity contribution in [3.63, 3.8) is 0 Å². The van der Waals surface area contributed by atoms with E-state index in [0.29, 0.717) is 12.3 Å². The van der Waals surface area contributed by atoms with Gasteiger partial charge in [-0.15, -0.1) is 0 Å². The van der Waals surface area contributed by atoms with E-state index in [9.17, 15) is 0 Å². The van der Waals surface area contributed by atoms with Gasteiger partial charge in [-0.3, -0.25) is 0 Å². The smallest absolute Gasteiger partial charge is 0.212 e. The van der Waals surface area contributed by atoms with Gasteiger partial charge < -0.3 is 10.5 Å². The van der Waals surface area contributed by atoms with Crippen LogP contribution in [0.2, 0.25) is 0 Å². The Bertz CT molecular complexity index is 597. The Morgan fingerprint density at radius 3 is 2.95 bits per heavy atom. The number of hydrogen-bond acceptors (Lipinski definition) is 5. The van der Waals surface area contributed by atoms with E-state index < -0.39 is 0 Å². The fourth-order valence-corrected chi connectivity index (χ4v) is 2.53. The molecule has 0 fully saturated rings. The number of nitrogens with zero attached hydrogens (tertiary/aromatic N) is 3. The van der Waals surface area contributed by atoms with Gasteiger partial charge in [-0.05, 0) is 24.8 Å². The molecule has 5 nitrogen and oxygen atoms in total. The van der Waals surface area contributed by atoms with Crippen LogP contribution in [0.5, 0.6) is 5.88 Å². The summed E-state index contributed by atoms with van der Waals surface area (Å²) in [6, 6.07) is 3.93. The van der Waals surface area contributed by atoms with Crippen LogP contribution < -0.4 is 10.5 Å². The van der Waals surface area contributed by atoms with Gasteiger partial charge in [0.2, 0.25) is 5.88 Å². The van der Waals surface area contributed by atoms with Crippen molar-refractivity contribution in [3.8, 4) is 5.88 Å². The van der Waals surface area contributed by atoms with Crippen LogP contribution >= 0.6 is 0 Å². The average Bonchev–Trinajstić information content (AvgIpc) is 2.48. The van der Waals surface area contributed by atoms with Gasteiger partial charge in [0, 0.05) is 42.2 Å². The van der Waals surface area contributed by atoms with Crippen LogP contribution in [0, 0.1) is 0 Å². The third kappa shape index (κ3) is 2.63. The average molecular weight is 270 g/mol. The molecule has 5 heteroatoms. The monoisotopic (exact) mass is 270 g/mol. The minimum atomic E-state index is 0.0930. The molecule has 1 aliphatic carbocycles. The highest BCUT2D eigenvalue weighted by atomic mass is 16.5. The maximum atomic E-state index is 6.08. The van der Waals surface area contributed by atoms with Crippen LogP contribution in [0.15, 0.2) is 24.5 Å². The van der Waals surface area contributed by atoms with Crippen molar-refractivity contribution in [2.45, 2.75) is 31.7 Å². The van der Waals surface area contributed by atoms with E-state index in [1.807, 2.05) is 18.3 Å². The molecule has 2 heterocycles. The van der Waals surface area contributed by atoms with E-state index in [-0.39, 0.29) is 6.04 Å². The summed E-state index contributed by atoms with van der Waals surface area (Å²) in [5, 5.41) is 0. The zero-order valence-corrected chi connectivity index (χ0v) is 11.5. The van der Waals surface area contributed by atoms with Gasteiger partial charge in [0.1, 0.15) is 5.82 Å². The number of aromatic nitrogens is 3. The summed E-state index contributed by atoms with van der Waals surface area (Å²) in [5.74, 6) is 1.44. The van der Waals surface area contributed by atoms with Crippen LogP contribution in [-0.4, -0.2) is 22.1 Å². The predicted molar refractivity (Wildman–Crippen MR) is 75.5 cm³/mol. The molecular formula is C15H18N4O. The highest BCUT2D eigenvalue weighted by Crippen LogP contribution is 2.26. The molecule has 0 spiro atoms. The fraction of sp³-hybridized carbons (Fsp3) is 0.400. The Morgan fingerprint density at radius 1 is 1.30 bits per heavy atom. The van der Waals surface area contributed by atoms with Crippen molar-refractivity contribution >= 4 is 0 Å². The first-order valence-electron chi connectivity index (χ1n) is 6.85. The Balaban J connectivity index is 1.80. The quantitative estimate of drug-likeness (QED) is 0.920. The topological polar surface area (TPSA) is 73.9 Å². The highest BCUT2D eigenvalue weighted by Gasteiger charge is 2.18. The van der Waals surface area contributed by atoms with Gasteiger partial charge in [0.15, 0.2) is 0 Å². The van der Waals surface area contributed by atoms with Crippen LogP contribution in [0.25, 0.3) is 0 Å². The van der Waals surface area contributed by atoms with Crippen LogP contribution in [0.4, 0.5) is 0 Å². The molecule has 0 saturated carbocycles. The van der Waals surface area contributed by atoms with Gasteiger partial charge in [0.25, 0.3) is 0 Å². The largest absolute Gasteiger partial charge is 0.481 e. The molecule has 0 radical (unpaired) electrons. The van der Waals surface area contributed by atoms with Gasteiger partial charge in [0.05, 0.1) is 7.11 Å². The predicted octanol–water partition coefficient (Wildman–Crippen LogP) is 1.81. The second-order valence-electron chi connectivity index (χ2n) is 5.07. The third-order valence-corrected chi connectivity index (χ3v) is 3.65. The van der Waals surface area contributed by atoms with Gasteiger partial charge in [-0.2, -0.15) is 0 Å². The SMILES string of the molecule is COc1ccc(Cc2ncc3c(n2)CCCC3N)cn1. The summed E-state index contributed by atoms with van der Waals surface area (Å²) in [6.45, 7) is 0. The van der Waals surface area contributed by atoms with Crippen molar-refractivity contribution in [1.29, 1.82) is 0 Å². The number of methoxy groups -OCH3 is 1. The van der Waals surface area contributed by atoms with Crippen LogP contribution in [0.1, 0.15) is 41.5 Å². The zero-order valence-electron chi connectivity index (χ0n) is 11.5. The molecular weight excluding hydrogens is 252 g/mol. The van der Waals surface area contributed by atoms with Gasteiger partial charge in [-0.1, -0.05) is 6.07 Å². The lowest BCUT2D eigenvalue weighted by molar-refractivity contribution is 0.397. The Morgan fingerprint density at radius 2 is 2.20 bits per heavy atom. The van der Waals surface area contributed by atoms with E-state index >= 15 is 0 Å². The first-order valence-corrected chi connectivity index (χ1v) is 6.85. The number of fused-ring (bicyclic) bond motifs is 1. The second-order valence-corrected chi connectivity index (χ2v) is 5.07. The van der Waals surface area contributed by atoms with E-state index in [0.717, 1.165) is 41.9 Å². The summed E-state index contributed by atoms with van der Waals surface area (Å²) in [5.41, 5.74) is 9.36. The lowest BCUT2D eigenvalue weighted by Crippen LogP contribution is -2.19. The van der Waals surface area contributed by atoms with Crippen molar-refractivity contribution in [1.82, 2.24) is 15.0 Å². The summed E-state index contributed by atoms with van der Waals surface area (Å²) in [4.78, 5) is 13.3. The van der Waals surface area contributed by atoms with E-state index in [2.05, 4.69) is 15.0 Å². The number of aryl methyl sites for hydroxylation is 1. The molecule has 0 bridgehead atoms. The summed E-state index contributed by atoms with van der Waals surface area (Å²) in [7, 11) is 1.61. The first-order chi connectivity index (χ1) is 9.76. The molecule has 2 N–H and O–H groups in total. The molecule has 1 unspecified atom stereocenters. The molecule has 0 saturated heterocycles. The van der Waals surface area contributed by atoms with Crippen molar-refractivity contribution < 1.29 is 4.74 Å². The number of hydrogen-bond donors (Lipinski definition) is 1. The second kappa shape index (κ2) is 5.54. The summed E-state index contributed by atoms with van der Waals surface area (Å²) >= 11 is 0. The minimum Gasteiger partial charge on any atom is -0.481 e. The Hall–Kier alpha value is -2.01. The van der Waals surface area contributed by atoms with Crippen molar-refractivity contribution in [3.05, 3.63) is 47.2 Å². The zero-order chi connectivity index (χ0) is 13.9. The lowest BCUT2D eigenvalue weighted by Gasteiger charge is -2.21. The van der Waals surface area contributed by atoms with E-state index in [4.69, 9.17) is 10.5 Å². The fourth-order valence-electron chi connectivity index (χ4n) is 2.53. The molecule has 0 aliphatic heterocycles.